The predicted molar refractivity (Wildman–Crippen MR) is 75.3 cm³/mol. The maximum atomic E-state index is 12.1. The molecule has 1 fully saturated rings. The molecule has 0 bridgehead atoms. The van der Waals surface area contributed by atoms with Gasteiger partial charge in [-0.05, 0) is 32.6 Å². The Morgan fingerprint density at radius 2 is 2.17 bits per heavy atom. The first-order valence-corrected chi connectivity index (χ1v) is 7.25. The van der Waals surface area contributed by atoms with Gasteiger partial charge in [-0.3, -0.25) is 9.69 Å². The molecule has 3 N–H and O–H groups in total. The van der Waals surface area contributed by atoms with Crippen molar-refractivity contribution in [1.29, 1.82) is 0 Å². The molecule has 4 unspecified atom stereocenters. The number of carbonyl (C=O) groups is 1. The third-order valence-electron chi connectivity index (χ3n) is 4.04. The van der Waals surface area contributed by atoms with Crippen LogP contribution in [0.15, 0.2) is 0 Å². The van der Waals surface area contributed by atoms with Crippen molar-refractivity contribution in [3.05, 3.63) is 0 Å². The van der Waals surface area contributed by atoms with Crippen LogP contribution in [0, 0.1) is 5.92 Å². The van der Waals surface area contributed by atoms with Crippen LogP contribution in [0.25, 0.3) is 0 Å². The number of nitrogens with one attached hydrogen (secondary N) is 1. The number of nitrogens with zero attached hydrogens (tertiary/aromatic N) is 1. The summed E-state index contributed by atoms with van der Waals surface area (Å²) >= 11 is 0. The van der Waals surface area contributed by atoms with E-state index < -0.39 is 0 Å². The Bertz CT molecular complexity index is 270. The Morgan fingerprint density at radius 3 is 2.72 bits per heavy atom. The van der Waals surface area contributed by atoms with Gasteiger partial charge >= 0.3 is 0 Å². The largest absolute Gasteiger partial charge is 0.352 e. The van der Waals surface area contributed by atoms with Crippen LogP contribution < -0.4 is 11.1 Å². The SMILES string of the molecule is CCCC(C)NC(=O)C(C)N1CCC(N)C(C)C1. The fraction of sp³-hybridized carbons (Fsp3) is 0.929. The average molecular weight is 255 g/mol. The van der Waals surface area contributed by atoms with Gasteiger partial charge in [0.25, 0.3) is 0 Å². The number of nitrogens with two attached hydrogens (primary N) is 1. The number of likely N-dealkylation sites (tertiary alicyclic amines) is 1. The Morgan fingerprint density at radius 1 is 1.50 bits per heavy atom. The lowest BCUT2D eigenvalue weighted by atomic mass is 9.94. The summed E-state index contributed by atoms with van der Waals surface area (Å²) in [5.41, 5.74) is 6.01. The lowest BCUT2D eigenvalue weighted by Crippen LogP contribution is -2.54. The van der Waals surface area contributed by atoms with Crippen molar-refractivity contribution in [2.24, 2.45) is 11.7 Å². The highest BCUT2D eigenvalue weighted by molar-refractivity contribution is 5.81. The van der Waals surface area contributed by atoms with Gasteiger partial charge in [0.1, 0.15) is 0 Å². The molecule has 4 nitrogen and oxygen atoms in total. The number of carbonyl (C=O) groups excluding carboxylic acids is 1. The smallest absolute Gasteiger partial charge is 0.237 e. The lowest BCUT2D eigenvalue weighted by molar-refractivity contribution is -0.127. The summed E-state index contributed by atoms with van der Waals surface area (Å²) < 4.78 is 0. The molecule has 1 amide bonds. The highest BCUT2D eigenvalue weighted by atomic mass is 16.2. The first-order chi connectivity index (χ1) is 8.45. The van der Waals surface area contributed by atoms with Gasteiger partial charge in [-0.15, -0.1) is 0 Å². The van der Waals surface area contributed by atoms with E-state index in [1.165, 1.54) is 0 Å². The number of piperidine rings is 1. The molecule has 0 spiro atoms. The van der Waals surface area contributed by atoms with E-state index in [2.05, 4.69) is 31.0 Å². The van der Waals surface area contributed by atoms with Gasteiger partial charge in [-0.2, -0.15) is 0 Å². The van der Waals surface area contributed by atoms with E-state index in [0.717, 1.165) is 32.4 Å². The molecular formula is C14H29N3O. The summed E-state index contributed by atoms with van der Waals surface area (Å²) in [6.45, 7) is 10.2. The van der Waals surface area contributed by atoms with Crippen molar-refractivity contribution in [3.8, 4) is 0 Å². The van der Waals surface area contributed by atoms with Crippen LogP contribution in [0.2, 0.25) is 0 Å². The molecule has 0 aliphatic carbocycles. The zero-order valence-corrected chi connectivity index (χ0v) is 12.3. The molecule has 0 aromatic carbocycles. The van der Waals surface area contributed by atoms with Crippen LogP contribution in [0.4, 0.5) is 0 Å². The third-order valence-corrected chi connectivity index (χ3v) is 4.04. The molecule has 106 valence electrons. The molecule has 4 heteroatoms. The van der Waals surface area contributed by atoms with Gasteiger partial charge in [0.05, 0.1) is 6.04 Å². The molecule has 0 saturated carbocycles. The maximum Gasteiger partial charge on any atom is 0.237 e. The van der Waals surface area contributed by atoms with Gasteiger partial charge in [-0.25, -0.2) is 0 Å². The maximum absolute atomic E-state index is 12.1. The number of hydrogen-bond acceptors (Lipinski definition) is 3. The second kappa shape index (κ2) is 7.10. The Balaban J connectivity index is 2.43. The van der Waals surface area contributed by atoms with Crippen LogP contribution >= 0.6 is 0 Å². The monoisotopic (exact) mass is 255 g/mol. The second-order valence-electron chi connectivity index (χ2n) is 5.80. The number of rotatable bonds is 5. The topological polar surface area (TPSA) is 58.4 Å². The average Bonchev–Trinajstić information content (AvgIpc) is 2.32. The zero-order valence-electron chi connectivity index (χ0n) is 12.3. The van der Waals surface area contributed by atoms with Gasteiger partial charge in [0.15, 0.2) is 0 Å². The fourth-order valence-corrected chi connectivity index (χ4v) is 2.58. The summed E-state index contributed by atoms with van der Waals surface area (Å²) in [5, 5.41) is 3.09. The van der Waals surface area contributed by atoms with Crippen LogP contribution in [-0.2, 0) is 4.79 Å². The molecule has 1 aliphatic rings. The van der Waals surface area contributed by atoms with E-state index in [-0.39, 0.29) is 24.0 Å². The summed E-state index contributed by atoms with van der Waals surface area (Å²) in [6, 6.07) is 0.518. The molecule has 18 heavy (non-hydrogen) atoms. The van der Waals surface area contributed by atoms with Crippen molar-refractivity contribution in [2.75, 3.05) is 13.1 Å². The van der Waals surface area contributed by atoms with E-state index in [1.54, 1.807) is 0 Å². The molecule has 1 aliphatic heterocycles. The second-order valence-corrected chi connectivity index (χ2v) is 5.80. The lowest BCUT2D eigenvalue weighted by Gasteiger charge is -2.38. The van der Waals surface area contributed by atoms with Gasteiger partial charge in [0.2, 0.25) is 5.91 Å². The van der Waals surface area contributed by atoms with Crippen molar-refractivity contribution in [3.63, 3.8) is 0 Å². The van der Waals surface area contributed by atoms with Gasteiger partial charge in [-0.1, -0.05) is 20.3 Å². The molecule has 0 aromatic heterocycles. The fourth-order valence-electron chi connectivity index (χ4n) is 2.58. The minimum atomic E-state index is -0.0424. The summed E-state index contributed by atoms with van der Waals surface area (Å²) in [4.78, 5) is 14.4. The molecule has 1 saturated heterocycles. The minimum absolute atomic E-state index is 0.0424. The van der Waals surface area contributed by atoms with E-state index >= 15 is 0 Å². The Hall–Kier alpha value is -0.610. The molecule has 0 aromatic rings. The van der Waals surface area contributed by atoms with Crippen molar-refractivity contribution in [2.45, 2.75) is 65.1 Å². The molecular weight excluding hydrogens is 226 g/mol. The first-order valence-electron chi connectivity index (χ1n) is 7.25. The van der Waals surface area contributed by atoms with Gasteiger partial charge < -0.3 is 11.1 Å². The standard InChI is InChI=1S/C14H29N3O/c1-5-6-11(3)16-14(18)12(4)17-8-7-13(15)10(2)9-17/h10-13H,5-9,15H2,1-4H3,(H,16,18). The molecule has 0 radical (unpaired) electrons. The van der Waals surface area contributed by atoms with E-state index in [0.29, 0.717) is 5.92 Å². The van der Waals surface area contributed by atoms with Crippen LogP contribution in [0.5, 0.6) is 0 Å². The van der Waals surface area contributed by atoms with Crippen LogP contribution in [0.3, 0.4) is 0 Å². The third kappa shape index (κ3) is 4.25. The molecule has 4 atom stereocenters. The first kappa shape index (κ1) is 15.4. The van der Waals surface area contributed by atoms with Crippen LogP contribution in [0.1, 0.15) is 47.0 Å². The van der Waals surface area contributed by atoms with Crippen LogP contribution in [-0.4, -0.2) is 42.0 Å². The summed E-state index contributed by atoms with van der Waals surface area (Å²) in [5.74, 6) is 0.626. The highest BCUT2D eigenvalue weighted by Crippen LogP contribution is 2.17. The summed E-state index contributed by atoms with van der Waals surface area (Å²) in [6.07, 6.45) is 3.13. The van der Waals surface area contributed by atoms with E-state index in [4.69, 9.17) is 5.73 Å². The molecule has 1 rings (SSSR count). The van der Waals surface area contributed by atoms with E-state index in [9.17, 15) is 4.79 Å². The molecule has 1 heterocycles. The van der Waals surface area contributed by atoms with Crippen molar-refractivity contribution >= 4 is 5.91 Å². The normalized spacial score (nSPS) is 28.7. The van der Waals surface area contributed by atoms with Crippen molar-refractivity contribution < 1.29 is 4.79 Å². The highest BCUT2D eigenvalue weighted by Gasteiger charge is 2.29. The number of hydrogen-bond donors (Lipinski definition) is 2. The van der Waals surface area contributed by atoms with Crippen molar-refractivity contribution in [1.82, 2.24) is 10.2 Å². The number of amides is 1. The minimum Gasteiger partial charge on any atom is -0.352 e. The van der Waals surface area contributed by atoms with Gasteiger partial charge in [0, 0.05) is 25.2 Å². The predicted octanol–water partition coefficient (Wildman–Crippen LogP) is 1.35. The quantitative estimate of drug-likeness (QED) is 0.779. The van der Waals surface area contributed by atoms with E-state index in [1.807, 2.05) is 6.92 Å². The summed E-state index contributed by atoms with van der Waals surface area (Å²) in [7, 11) is 0. The Kier molecular flexibility index (Phi) is 6.09. The zero-order chi connectivity index (χ0) is 13.7. The Labute approximate surface area is 111 Å².